The Morgan fingerprint density at radius 1 is 0.944 bits per heavy atom. The zero-order chi connectivity index (χ0) is 25.3. The van der Waals surface area contributed by atoms with E-state index in [1.165, 1.54) is 49.9 Å². The number of piperazine rings is 1. The second kappa shape index (κ2) is 13.2. The number of anilines is 1. The molecule has 2 N–H and O–H groups in total. The molecule has 6 nitrogen and oxygen atoms in total. The van der Waals surface area contributed by atoms with Crippen LogP contribution in [0, 0.1) is 0 Å². The first-order chi connectivity index (χ1) is 17.6. The number of nitrogens with zero attached hydrogens (tertiary/aromatic N) is 3. The van der Waals surface area contributed by atoms with E-state index in [4.69, 9.17) is 4.74 Å². The van der Waals surface area contributed by atoms with Crippen molar-refractivity contribution in [3.8, 4) is 17.2 Å². The quantitative estimate of drug-likeness (QED) is 0.317. The normalized spacial score (nSPS) is 18.4. The van der Waals surface area contributed by atoms with Crippen molar-refractivity contribution in [2.45, 2.75) is 64.3 Å². The van der Waals surface area contributed by atoms with E-state index >= 15 is 0 Å². The molecule has 1 fully saturated rings. The molecule has 1 unspecified atom stereocenters. The minimum atomic E-state index is 0.0101. The number of rotatable bonds is 12. The highest BCUT2D eigenvalue weighted by molar-refractivity contribution is 5.58. The van der Waals surface area contributed by atoms with Crippen LogP contribution < -0.4 is 9.64 Å². The number of unbranched alkanes of at least 4 members (excludes halogenated alkanes) is 3. The molecule has 4 rings (SSSR count). The first kappa shape index (κ1) is 26.6. The van der Waals surface area contributed by atoms with Crippen molar-refractivity contribution in [2.24, 2.45) is 0 Å². The van der Waals surface area contributed by atoms with Crippen molar-refractivity contribution in [2.75, 3.05) is 57.8 Å². The number of hydrogen-bond donors (Lipinski definition) is 2. The molecule has 1 atom stereocenters. The zero-order valence-corrected chi connectivity index (χ0v) is 22.3. The maximum absolute atomic E-state index is 10.2. The van der Waals surface area contributed by atoms with Gasteiger partial charge in [-0.15, -0.1) is 0 Å². The van der Waals surface area contributed by atoms with Crippen LogP contribution in [0.15, 0.2) is 36.4 Å². The molecule has 1 heterocycles. The second-order valence-electron chi connectivity index (χ2n) is 10.4. The van der Waals surface area contributed by atoms with E-state index in [9.17, 15) is 10.2 Å². The molecule has 2 aromatic carbocycles. The molecule has 1 aliphatic heterocycles. The van der Waals surface area contributed by atoms with Crippen molar-refractivity contribution in [3.05, 3.63) is 47.5 Å². The summed E-state index contributed by atoms with van der Waals surface area (Å²) in [5.74, 6) is 1.07. The standard InChI is InChI=1S/C30H45N3O3/c1-3-16-32(25-13-14-26-24(23-25)12-15-28(34)30(26)35)18-9-5-4-8-17-31-19-21-33(22-20-31)27-10-6-7-11-29(27)36-2/h6-7,10-12,15,25,34-35H,3-5,8-9,13-14,16-23H2,1-2H3. The molecule has 0 spiro atoms. The second-order valence-corrected chi connectivity index (χ2v) is 10.4. The molecule has 36 heavy (non-hydrogen) atoms. The number of hydrogen-bond acceptors (Lipinski definition) is 6. The first-order valence-corrected chi connectivity index (χ1v) is 14.0. The summed E-state index contributed by atoms with van der Waals surface area (Å²) in [6.45, 7) is 10.1. The molecule has 0 aromatic heterocycles. The van der Waals surface area contributed by atoms with Gasteiger partial charge in [-0.1, -0.05) is 38.0 Å². The van der Waals surface area contributed by atoms with Gasteiger partial charge in [0.1, 0.15) is 5.75 Å². The van der Waals surface area contributed by atoms with Crippen LogP contribution in [-0.2, 0) is 12.8 Å². The monoisotopic (exact) mass is 495 g/mol. The Morgan fingerprint density at radius 3 is 2.50 bits per heavy atom. The summed E-state index contributed by atoms with van der Waals surface area (Å²) in [6, 6.07) is 12.5. The highest BCUT2D eigenvalue weighted by Crippen LogP contribution is 2.37. The van der Waals surface area contributed by atoms with Crippen LogP contribution >= 0.6 is 0 Å². The minimum absolute atomic E-state index is 0.0101. The number of aromatic hydroxyl groups is 2. The van der Waals surface area contributed by atoms with Crippen LogP contribution in [-0.4, -0.2) is 79.0 Å². The van der Waals surface area contributed by atoms with E-state index in [-0.39, 0.29) is 11.5 Å². The maximum atomic E-state index is 10.2. The number of benzene rings is 2. The number of para-hydroxylation sites is 2. The Hall–Kier alpha value is -2.44. The molecule has 198 valence electrons. The van der Waals surface area contributed by atoms with Gasteiger partial charge < -0.3 is 24.7 Å². The predicted molar refractivity (Wildman–Crippen MR) is 148 cm³/mol. The summed E-state index contributed by atoms with van der Waals surface area (Å²) in [7, 11) is 1.75. The van der Waals surface area contributed by atoms with Gasteiger partial charge in [0, 0.05) is 37.8 Å². The molecule has 1 saturated heterocycles. The van der Waals surface area contributed by atoms with Crippen LogP contribution in [0.2, 0.25) is 0 Å². The molecule has 0 radical (unpaired) electrons. The van der Waals surface area contributed by atoms with Crippen molar-refractivity contribution < 1.29 is 14.9 Å². The molecule has 1 aliphatic carbocycles. The number of fused-ring (bicyclic) bond motifs is 1. The van der Waals surface area contributed by atoms with E-state index in [1.54, 1.807) is 13.2 Å². The molecular formula is C30H45N3O3. The number of phenolic OH excluding ortho intramolecular Hbond substituents is 2. The fourth-order valence-corrected chi connectivity index (χ4v) is 5.99. The SMILES string of the molecule is CCCN(CCCCCCN1CCN(c2ccccc2OC)CC1)C1CCc2c(ccc(O)c2O)C1. The summed E-state index contributed by atoms with van der Waals surface area (Å²) in [6.07, 6.45) is 9.19. The Bertz CT molecular complexity index is 958. The van der Waals surface area contributed by atoms with Crippen molar-refractivity contribution in [3.63, 3.8) is 0 Å². The summed E-state index contributed by atoms with van der Waals surface area (Å²) in [5, 5.41) is 20.0. The van der Waals surface area contributed by atoms with Crippen molar-refractivity contribution >= 4 is 5.69 Å². The number of ether oxygens (including phenoxy) is 1. The van der Waals surface area contributed by atoms with E-state index < -0.39 is 0 Å². The molecule has 6 heteroatoms. The van der Waals surface area contributed by atoms with Gasteiger partial charge in [0.05, 0.1) is 12.8 Å². The lowest BCUT2D eigenvalue weighted by Gasteiger charge is -2.36. The van der Waals surface area contributed by atoms with Gasteiger partial charge in [-0.25, -0.2) is 0 Å². The van der Waals surface area contributed by atoms with Gasteiger partial charge in [-0.05, 0) is 81.9 Å². The third-order valence-corrected chi connectivity index (χ3v) is 8.04. The van der Waals surface area contributed by atoms with Crippen LogP contribution in [0.5, 0.6) is 17.2 Å². The third-order valence-electron chi connectivity index (χ3n) is 8.04. The fourth-order valence-electron chi connectivity index (χ4n) is 5.99. The van der Waals surface area contributed by atoms with Gasteiger partial charge >= 0.3 is 0 Å². The molecule has 0 amide bonds. The average Bonchev–Trinajstić information content (AvgIpc) is 2.92. The zero-order valence-electron chi connectivity index (χ0n) is 22.3. The van der Waals surface area contributed by atoms with Gasteiger partial charge in [-0.3, -0.25) is 4.90 Å². The lowest BCUT2D eigenvalue weighted by atomic mass is 9.86. The minimum Gasteiger partial charge on any atom is -0.504 e. The first-order valence-electron chi connectivity index (χ1n) is 14.0. The molecule has 2 aliphatic rings. The number of phenols is 2. The Balaban J connectivity index is 1.14. The number of methoxy groups -OCH3 is 1. The van der Waals surface area contributed by atoms with E-state index in [0.717, 1.165) is 69.8 Å². The van der Waals surface area contributed by atoms with Gasteiger partial charge in [0.2, 0.25) is 0 Å². The maximum Gasteiger partial charge on any atom is 0.160 e. The summed E-state index contributed by atoms with van der Waals surface area (Å²) >= 11 is 0. The van der Waals surface area contributed by atoms with E-state index in [1.807, 2.05) is 18.2 Å². The van der Waals surface area contributed by atoms with E-state index in [2.05, 4.69) is 33.8 Å². The summed E-state index contributed by atoms with van der Waals surface area (Å²) in [4.78, 5) is 7.73. The van der Waals surface area contributed by atoms with E-state index in [0.29, 0.717) is 6.04 Å². The molecule has 2 aromatic rings. The highest BCUT2D eigenvalue weighted by atomic mass is 16.5. The van der Waals surface area contributed by atoms with Crippen LogP contribution in [0.25, 0.3) is 0 Å². The predicted octanol–water partition coefficient (Wildman–Crippen LogP) is 5.06. The molecular weight excluding hydrogens is 450 g/mol. The van der Waals surface area contributed by atoms with Gasteiger partial charge in [-0.2, -0.15) is 0 Å². The van der Waals surface area contributed by atoms with Crippen LogP contribution in [0.1, 0.15) is 56.6 Å². The fraction of sp³-hybridized carbons (Fsp3) is 0.600. The Kier molecular flexibility index (Phi) is 9.76. The molecule has 0 bridgehead atoms. The van der Waals surface area contributed by atoms with Crippen LogP contribution in [0.3, 0.4) is 0 Å². The smallest absolute Gasteiger partial charge is 0.160 e. The summed E-state index contributed by atoms with van der Waals surface area (Å²) < 4.78 is 5.55. The largest absolute Gasteiger partial charge is 0.504 e. The summed E-state index contributed by atoms with van der Waals surface area (Å²) in [5.41, 5.74) is 3.37. The lowest BCUT2D eigenvalue weighted by Crippen LogP contribution is -2.46. The highest BCUT2D eigenvalue weighted by Gasteiger charge is 2.26. The van der Waals surface area contributed by atoms with Crippen molar-refractivity contribution in [1.82, 2.24) is 9.80 Å². The molecule has 0 saturated carbocycles. The average molecular weight is 496 g/mol. The Morgan fingerprint density at radius 2 is 1.72 bits per heavy atom. The van der Waals surface area contributed by atoms with Crippen molar-refractivity contribution in [1.29, 1.82) is 0 Å². The lowest BCUT2D eigenvalue weighted by molar-refractivity contribution is 0.174. The topological polar surface area (TPSA) is 59.4 Å². The third kappa shape index (κ3) is 6.65. The van der Waals surface area contributed by atoms with Gasteiger partial charge in [0.15, 0.2) is 11.5 Å². The van der Waals surface area contributed by atoms with Crippen LogP contribution in [0.4, 0.5) is 5.69 Å². The Labute approximate surface area is 217 Å². The van der Waals surface area contributed by atoms with Gasteiger partial charge in [0.25, 0.3) is 0 Å².